The van der Waals surface area contributed by atoms with Gasteiger partial charge in [-0.15, -0.1) is 5.10 Å². The van der Waals surface area contributed by atoms with E-state index in [0.29, 0.717) is 23.8 Å². The van der Waals surface area contributed by atoms with Crippen LogP contribution in [0.4, 0.5) is 17.1 Å². The molecule has 0 aliphatic carbocycles. The van der Waals surface area contributed by atoms with E-state index in [1.165, 1.54) is 12.1 Å². The number of anilines is 2. The summed E-state index contributed by atoms with van der Waals surface area (Å²) in [6.07, 6.45) is -0.571. The minimum atomic E-state index is -0.571. The molecule has 0 saturated carbocycles. The number of halogens is 1. The van der Waals surface area contributed by atoms with E-state index >= 15 is 0 Å². The number of hydrogen-bond donors (Lipinski definition) is 2. The molecule has 4 rings (SSSR count). The molecule has 2 N–H and O–H groups in total. The number of non-ortho nitro benzene ring substituents is 1. The highest BCUT2D eigenvalue weighted by Crippen LogP contribution is 2.28. The molecular weight excluding hydrogens is 587 g/mol. The number of nitrogens with zero attached hydrogens (tertiary/aromatic N) is 5. The largest absolute Gasteiger partial charge is 0.491 e. The molecule has 11 heteroatoms. The normalized spacial score (nSPS) is 13.9. The predicted molar refractivity (Wildman–Crippen MR) is 153 cm³/mol. The number of aliphatic hydroxyl groups excluding tert-OH is 1. The molecular formula is C26H29IN6O4. The van der Waals surface area contributed by atoms with E-state index in [0.717, 1.165) is 27.9 Å². The number of benzene rings is 3. The van der Waals surface area contributed by atoms with Crippen LogP contribution in [0.5, 0.6) is 5.75 Å². The molecule has 0 saturated heterocycles. The molecule has 0 bridgehead atoms. The van der Waals surface area contributed by atoms with Gasteiger partial charge in [0.1, 0.15) is 18.5 Å². The Morgan fingerprint density at radius 1 is 1.03 bits per heavy atom. The van der Waals surface area contributed by atoms with Gasteiger partial charge in [-0.05, 0) is 96.3 Å². The number of likely N-dealkylation sites (N-methyl/N-ethyl adjacent to an activating group) is 1. The van der Waals surface area contributed by atoms with Gasteiger partial charge in [0.05, 0.1) is 16.3 Å². The van der Waals surface area contributed by atoms with Crippen LogP contribution >= 0.6 is 22.6 Å². The van der Waals surface area contributed by atoms with Crippen LogP contribution in [-0.4, -0.2) is 53.1 Å². The Hall–Kier alpha value is -3.42. The first kappa shape index (κ1) is 26.6. The van der Waals surface area contributed by atoms with Crippen LogP contribution in [-0.2, 0) is 0 Å². The molecule has 0 fully saturated rings. The van der Waals surface area contributed by atoms with E-state index in [2.05, 4.69) is 46.8 Å². The fraction of sp³-hybridized carbons (Fsp3) is 0.269. The number of hydrazine groups is 2. The number of hydrogen-bond acceptors (Lipinski definition) is 9. The third kappa shape index (κ3) is 6.67. The van der Waals surface area contributed by atoms with Crippen molar-refractivity contribution in [2.75, 3.05) is 36.5 Å². The minimum Gasteiger partial charge on any atom is -0.491 e. The average Bonchev–Trinajstić information content (AvgIpc) is 3.37. The van der Waals surface area contributed by atoms with E-state index in [1.807, 2.05) is 48.5 Å². The third-order valence-electron chi connectivity index (χ3n) is 5.89. The Bertz CT molecular complexity index is 1220. The number of nitro groups is 1. The summed E-state index contributed by atoms with van der Waals surface area (Å²) in [7, 11) is 0. The first-order valence-electron chi connectivity index (χ1n) is 12.0. The molecule has 1 unspecified atom stereocenters. The summed E-state index contributed by atoms with van der Waals surface area (Å²) >= 11 is 2.25. The monoisotopic (exact) mass is 616 g/mol. The number of rotatable bonds is 11. The van der Waals surface area contributed by atoms with Crippen molar-refractivity contribution in [2.24, 2.45) is 5.10 Å². The highest BCUT2D eigenvalue weighted by molar-refractivity contribution is 14.1. The molecule has 0 amide bonds. The van der Waals surface area contributed by atoms with E-state index in [4.69, 9.17) is 9.84 Å². The van der Waals surface area contributed by atoms with Gasteiger partial charge in [0.2, 0.25) is 0 Å². The predicted octanol–water partition coefficient (Wildman–Crippen LogP) is 4.39. The van der Waals surface area contributed by atoms with Gasteiger partial charge in [0.25, 0.3) is 5.69 Å². The summed E-state index contributed by atoms with van der Waals surface area (Å²) < 4.78 is 6.88. The number of nitrogens with one attached hydrogen (secondary N) is 1. The maximum absolute atomic E-state index is 11.1. The van der Waals surface area contributed by atoms with Crippen molar-refractivity contribution < 1.29 is 14.8 Å². The van der Waals surface area contributed by atoms with E-state index in [9.17, 15) is 15.2 Å². The molecule has 1 heterocycles. The quantitative estimate of drug-likeness (QED) is 0.186. The lowest BCUT2D eigenvalue weighted by molar-refractivity contribution is -0.384. The summed E-state index contributed by atoms with van der Waals surface area (Å²) in [5, 5.41) is 29.6. The highest BCUT2D eigenvalue weighted by Gasteiger charge is 2.27. The topological polar surface area (TPSA) is 107 Å². The van der Waals surface area contributed by atoms with Crippen molar-refractivity contribution in [1.29, 1.82) is 0 Å². The lowest BCUT2D eigenvalue weighted by Gasteiger charge is -2.27. The number of aliphatic hydroxyl groups is 1. The van der Waals surface area contributed by atoms with Gasteiger partial charge in [-0.2, -0.15) is 10.2 Å². The number of ether oxygens (including phenoxy) is 1. The lowest BCUT2D eigenvalue weighted by Crippen LogP contribution is -2.44. The van der Waals surface area contributed by atoms with Gasteiger partial charge >= 0.3 is 0 Å². The number of amidine groups is 1. The summed E-state index contributed by atoms with van der Waals surface area (Å²) in [6.45, 7) is 6.68. The minimum absolute atomic E-state index is 0.0164. The van der Waals surface area contributed by atoms with Crippen molar-refractivity contribution in [1.82, 2.24) is 10.3 Å². The Labute approximate surface area is 229 Å². The van der Waals surface area contributed by atoms with Crippen LogP contribution in [0.15, 0.2) is 77.9 Å². The van der Waals surface area contributed by atoms with Gasteiger partial charge in [-0.3, -0.25) is 15.5 Å². The first-order chi connectivity index (χ1) is 17.9. The van der Waals surface area contributed by atoms with Crippen LogP contribution < -0.4 is 20.4 Å². The van der Waals surface area contributed by atoms with Gasteiger partial charge in [-0.1, -0.05) is 13.8 Å². The van der Waals surface area contributed by atoms with Crippen molar-refractivity contribution in [3.8, 4) is 5.75 Å². The van der Waals surface area contributed by atoms with Gasteiger partial charge < -0.3 is 14.7 Å². The summed E-state index contributed by atoms with van der Waals surface area (Å²) in [6, 6.07) is 21.6. The molecule has 194 valence electrons. The molecule has 3 aromatic carbocycles. The zero-order chi connectivity index (χ0) is 26.4. The zero-order valence-corrected chi connectivity index (χ0v) is 22.8. The van der Waals surface area contributed by atoms with Crippen LogP contribution in [0.1, 0.15) is 19.4 Å². The Kier molecular flexibility index (Phi) is 8.79. The van der Waals surface area contributed by atoms with Crippen molar-refractivity contribution >= 4 is 45.5 Å². The van der Waals surface area contributed by atoms with E-state index in [-0.39, 0.29) is 12.3 Å². The Balaban J connectivity index is 1.50. The fourth-order valence-electron chi connectivity index (χ4n) is 3.80. The van der Waals surface area contributed by atoms with E-state index < -0.39 is 11.0 Å². The molecule has 0 radical (unpaired) electrons. The number of hydrazone groups is 1. The second-order valence-electron chi connectivity index (χ2n) is 8.39. The van der Waals surface area contributed by atoms with Crippen LogP contribution in [0.3, 0.4) is 0 Å². The van der Waals surface area contributed by atoms with E-state index in [1.54, 1.807) is 22.4 Å². The zero-order valence-electron chi connectivity index (χ0n) is 20.6. The maximum atomic E-state index is 11.1. The number of nitro benzene ring substituents is 1. The maximum Gasteiger partial charge on any atom is 0.269 e. The third-order valence-corrected chi connectivity index (χ3v) is 6.61. The SMILES string of the molecule is CCN(CC)CC(O)COc1ccc(C2=NN(c3ccc(I)cc3)N(c3ccc([N+](=O)[O-])cc3)N2)cc1. The fourth-order valence-corrected chi connectivity index (χ4v) is 4.16. The summed E-state index contributed by atoms with van der Waals surface area (Å²) in [5.74, 6) is 1.26. The molecule has 37 heavy (non-hydrogen) atoms. The van der Waals surface area contributed by atoms with Crippen molar-refractivity contribution in [3.05, 3.63) is 92.0 Å². The van der Waals surface area contributed by atoms with Crippen molar-refractivity contribution in [2.45, 2.75) is 20.0 Å². The molecule has 1 aliphatic heterocycles. The molecule has 1 aliphatic rings. The van der Waals surface area contributed by atoms with Gasteiger partial charge in [-0.25, -0.2) is 0 Å². The molecule has 3 aromatic rings. The summed E-state index contributed by atoms with van der Waals surface area (Å²) in [4.78, 5) is 12.8. The standard InChI is InChI=1S/C26H29IN6O4/c1-3-30(4-2)17-24(34)18-37-25-15-5-19(6-16-25)26-28-31(21-9-7-20(27)8-10-21)32(29-26)22-11-13-23(14-12-22)33(35)36/h5-16,24,34H,3-4,17-18H2,1-2H3,(H,28,29). The Morgan fingerprint density at radius 3 is 2.24 bits per heavy atom. The lowest BCUT2D eigenvalue weighted by atomic mass is 10.2. The smallest absolute Gasteiger partial charge is 0.269 e. The second kappa shape index (κ2) is 12.2. The highest BCUT2D eigenvalue weighted by atomic mass is 127. The van der Waals surface area contributed by atoms with Gasteiger partial charge in [0.15, 0.2) is 5.84 Å². The van der Waals surface area contributed by atoms with Crippen LogP contribution in [0.25, 0.3) is 0 Å². The Morgan fingerprint density at radius 2 is 1.65 bits per heavy atom. The van der Waals surface area contributed by atoms with Gasteiger partial charge in [0, 0.05) is 27.8 Å². The van der Waals surface area contributed by atoms with Crippen LogP contribution in [0, 0.1) is 13.7 Å². The molecule has 0 spiro atoms. The second-order valence-corrected chi connectivity index (χ2v) is 9.63. The first-order valence-corrected chi connectivity index (χ1v) is 13.0. The average molecular weight is 616 g/mol. The van der Waals surface area contributed by atoms with Crippen molar-refractivity contribution in [3.63, 3.8) is 0 Å². The molecule has 10 nitrogen and oxygen atoms in total. The van der Waals surface area contributed by atoms with Crippen LogP contribution in [0.2, 0.25) is 0 Å². The summed E-state index contributed by atoms with van der Waals surface area (Å²) in [5.41, 5.74) is 5.64. The molecule has 1 atom stereocenters. The molecule has 0 aromatic heterocycles.